The zero-order valence-corrected chi connectivity index (χ0v) is 24.3. The summed E-state index contributed by atoms with van der Waals surface area (Å²) in [5.41, 5.74) is -1.76. The molecule has 0 N–H and O–H groups in total. The Morgan fingerprint density at radius 3 is 1.86 bits per heavy atom. The summed E-state index contributed by atoms with van der Waals surface area (Å²) in [4.78, 5) is 47.6. The molecule has 0 spiro atoms. The number of hydrogen-bond acceptors (Lipinski definition) is 8. The molecule has 1 fully saturated rings. The van der Waals surface area contributed by atoms with Gasteiger partial charge >= 0.3 is 11.9 Å². The molecule has 0 radical (unpaired) electrons. The van der Waals surface area contributed by atoms with Crippen LogP contribution < -0.4 is 0 Å². The molecule has 0 aromatic rings. The Bertz CT molecular complexity index is 710. The molecule has 1 rings (SSSR count). The third-order valence-electron chi connectivity index (χ3n) is 7.64. The highest BCUT2D eigenvalue weighted by Crippen LogP contribution is 2.44. The van der Waals surface area contributed by atoms with E-state index in [-0.39, 0.29) is 17.9 Å². The molecule has 1 aliphatic heterocycles. The van der Waals surface area contributed by atoms with Gasteiger partial charge in [0.1, 0.15) is 5.54 Å². The number of hydrogen-bond donors (Lipinski definition) is 0. The average molecular weight is 515 g/mol. The van der Waals surface area contributed by atoms with Gasteiger partial charge in [-0.3, -0.25) is 19.2 Å². The number of esters is 2. The van der Waals surface area contributed by atoms with Crippen LogP contribution in [0.2, 0.25) is 0 Å². The molecule has 0 aromatic carbocycles. The lowest BCUT2D eigenvalue weighted by molar-refractivity contribution is -0.364. The third kappa shape index (κ3) is 6.78. The van der Waals surface area contributed by atoms with Crippen molar-refractivity contribution in [1.29, 1.82) is 0 Å². The first-order valence-corrected chi connectivity index (χ1v) is 13.4. The zero-order chi connectivity index (χ0) is 27.7. The first-order valence-electron chi connectivity index (χ1n) is 13.4. The zero-order valence-electron chi connectivity index (χ0n) is 24.3. The number of carbonyl (C=O) groups excluding carboxylic acids is 3. The van der Waals surface area contributed by atoms with Crippen molar-refractivity contribution in [2.75, 3.05) is 27.4 Å². The number of nitrogens with zero attached hydrogens (tertiary/aromatic N) is 2. The lowest BCUT2D eigenvalue weighted by Crippen LogP contribution is -2.76. The molecule has 9 nitrogen and oxygen atoms in total. The smallest absolute Gasteiger partial charge is 0.320 e. The molecule has 0 aliphatic carbocycles. The van der Waals surface area contributed by atoms with Crippen molar-refractivity contribution in [3.05, 3.63) is 0 Å². The minimum absolute atomic E-state index is 0.0160. The molecular weight excluding hydrogens is 464 g/mol. The second-order valence-electron chi connectivity index (χ2n) is 10.6. The minimum atomic E-state index is -1.20. The molecule has 36 heavy (non-hydrogen) atoms. The summed E-state index contributed by atoms with van der Waals surface area (Å²) >= 11 is 0. The SMILES string of the molecule is CCCCOC(CC(C(=O)OC)C(=O)OC)ON1C(CC)(CC)CN(C(C)(C)C)C(=O)C1(CC)CC. The maximum Gasteiger partial charge on any atom is 0.320 e. The van der Waals surface area contributed by atoms with Gasteiger partial charge in [0.05, 0.1) is 19.8 Å². The summed E-state index contributed by atoms with van der Waals surface area (Å²) in [6, 6.07) is 0. The van der Waals surface area contributed by atoms with E-state index in [1.165, 1.54) is 14.2 Å². The molecule has 1 aliphatic rings. The Hall–Kier alpha value is -1.71. The van der Waals surface area contributed by atoms with Gasteiger partial charge in [0.2, 0.25) is 5.91 Å². The number of ether oxygens (including phenoxy) is 3. The van der Waals surface area contributed by atoms with Gasteiger partial charge < -0.3 is 19.1 Å². The molecule has 210 valence electrons. The Balaban J connectivity index is 3.59. The van der Waals surface area contributed by atoms with E-state index in [1.54, 1.807) is 0 Å². The van der Waals surface area contributed by atoms with Crippen LogP contribution in [-0.2, 0) is 33.4 Å². The molecule has 9 heteroatoms. The van der Waals surface area contributed by atoms with Crippen LogP contribution in [0, 0.1) is 5.92 Å². The highest BCUT2D eigenvalue weighted by atomic mass is 16.8. The van der Waals surface area contributed by atoms with E-state index >= 15 is 0 Å². The van der Waals surface area contributed by atoms with Crippen LogP contribution in [0.15, 0.2) is 0 Å². The summed E-state index contributed by atoms with van der Waals surface area (Å²) in [5.74, 6) is -2.61. The normalized spacial score (nSPS) is 18.9. The van der Waals surface area contributed by atoms with Crippen LogP contribution in [-0.4, -0.2) is 78.1 Å². The maximum absolute atomic E-state index is 14.1. The van der Waals surface area contributed by atoms with Gasteiger partial charge in [-0.05, 0) is 52.9 Å². The molecule has 1 amide bonds. The fraction of sp³-hybridized carbons (Fsp3) is 0.889. The lowest BCUT2D eigenvalue weighted by atomic mass is 9.77. The van der Waals surface area contributed by atoms with Gasteiger partial charge in [0.15, 0.2) is 12.2 Å². The fourth-order valence-electron chi connectivity index (χ4n) is 4.96. The maximum atomic E-state index is 14.1. The monoisotopic (exact) mass is 514 g/mol. The number of carbonyl (C=O) groups is 3. The van der Waals surface area contributed by atoms with Gasteiger partial charge in [0.25, 0.3) is 0 Å². The fourth-order valence-corrected chi connectivity index (χ4v) is 4.96. The van der Waals surface area contributed by atoms with Crippen molar-refractivity contribution >= 4 is 17.8 Å². The third-order valence-corrected chi connectivity index (χ3v) is 7.64. The van der Waals surface area contributed by atoms with Gasteiger partial charge in [-0.2, -0.15) is 5.06 Å². The van der Waals surface area contributed by atoms with Crippen molar-refractivity contribution in [2.45, 2.75) is 123 Å². The summed E-state index contributed by atoms with van der Waals surface area (Å²) in [6.45, 7) is 17.3. The van der Waals surface area contributed by atoms with E-state index in [0.717, 1.165) is 25.7 Å². The molecule has 1 unspecified atom stereocenters. The molecule has 0 saturated carbocycles. The van der Waals surface area contributed by atoms with Gasteiger partial charge in [0, 0.05) is 25.1 Å². The molecule has 0 aromatic heterocycles. The largest absolute Gasteiger partial charge is 0.468 e. The number of rotatable bonds is 14. The van der Waals surface area contributed by atoms with E-state index in [1.807, 2.05) is 30.7 Å². The number of unbranched alkanes of at least 4 members (excludes halogenated alkanes) is 1. The molecular formula is C27H50N2O7. The highest BCUT2D eigenvalue weighted by molar-refractivity contribution is 5.94. The van der Waals surface area contributed by atoms with Crippen molar-refractivity contribution < 1.29 is 33.4 Å². The Morgan fingerprint density at radius 2 is 1.47 bits per heavy atom. The molecule has 1 atom stereocenters. The van der Waals surface area contributed by atoms with Crippen LogP contribution in [0.25, 0.3) is 0 Å². The number of piperazine rings is 1. The van der Waals surface area contributed by atoms with Crippen LogP contribution in [0.3, 0.4) is 0 Å². The summed E-state index contributed by atoms with van der Waals surface area (Å²) in [5, 5.41) is 1.87. The van der Waals surface area contributed by atoms with E-state index < -0.39 is 35.2 Å². The standard InChI is InChI=1S/C27H50N2O7/c1-11-16-17-35-21(18-20(22(30)33-9)23(31)34-10)36-29-26(12-2,13-3)19-28(25(6,7)8)24(32)27(29,14-4)15-5/h20-21H,11-19H2,1-10H3. The van der Waals surface area contributed by atoms with Crippen molar-refractivity contribution in [3.63, 3.8) is 0 Å². The van der Waals surface area contributed by atoms with Gasteiger partial charge in [-0.25, -0.2) is 0 Å². The second kappa shape index (κ2) is 13.7. The summed E-state index contributed by atoms with van der Waals surface area (Å²) < 4.78 is 15.8. The van der Waals surface area contributed by atoms with E-state index in [2.05, 4.69) is 34.6 Å². The second-order valence-corrected chi connectivity index (χ2v) is 10.6. The summed E-state index contributed by atoms with van der Waals surface area (Å²) in [7, 11) is 2.46. The van der Waals surface area contributed by atoms with E-state index in [9.17, 15) is 14.4 Å². The predicted molar refractivity (Wildman–Crippen MR) is 138 cm³/mol. The van der Waals surface area contributed by atoms with Gasteiger partial charge in [-0.15, -0.1) is 0 Å². The predicted octanol–water partition coefficient (Wildman–Crippen LogP) is 4.47. The first kappa shape index (κ1) is 32.3. The van der Waals surface area contributed by atoms with E-state index in [4.69, 9.17) is 19.0 Å². The Labute approximate surface area is 218 Å². The topological polar surface area (TPSA) is 94.6 Å². The van der Waals surface area contributed by atoms with Crippen LogP contribution in [0.5, 0.6) is 0 Å². The molecule has 1 heterocycles. The van der Waals surface area contributed by atoms with Crippen LogP contribution >= 0.6 is 0 Å². The molecule has 1 saturated heterocycles. The number of hydroxylamine groups is 2. The quantitative estimate of drug-likeness (QED) is 0.145. The Kier molecular flexibility index (Phi) is 12.3. The lowest BCUT2D eigenvalue weighted by Gasteiger charge is -2.61. The number of amides is 1. The molecule has 0 bridgehead atoms. The number of methoxy groups -OCH3 is 2. The highest BCUT2D eigenvalue weighted by Gasteiger charge is 2.59. The van der Waals surface area contributed by atoms with E-state index in [0.29, 0.717) is 26.0 Å². The van der Waals surface area contributed by atoms with Crippen molar-refractivity contribution in [1.82, 2.24) is 9.96 Å². The van der Waals surface area contributed by atoms with Crippen LogP contribution in [0.4, 0.5) is 0 Å². The average Bonchev–Trinajstić information content (AvgIpc) is 2.86. The van der Waals surface area contributed by atoms with Gasteiger partial charge in [-0.1, -0.05) is 41.0 Å². The van der Waals surface area contributed by atoms with Crippen LogP contribution in [0.1, 0.15) is 100 Å². The summed E-state index contributed by atoms with van der Waals surface area (Å²) in [6.07, 6.45) is 3.24. The van der Waals surface area contributed by atoms with Crippen molar-refractivity contribution in [2.24, 2.45) is 5.92 Å². The van der Waals surface area contributed by atoms with Crippen molar-refractivity contribution in [3.8, 4) is 0 Å². The first-order chi connectivity index (χ1) is 16.9. The Morgan fingerprint density at radius 1 is 0.944 bits per heavy atom. The minimum Gasteiger partial charge on any atom is -0.468 e.